The monoisotopic (exact) mass is 266 g/mol. The van der Waals surface area contributed by atoms with Crippen molar-refractivity contribution in [3.63, 3.8) is 0 Å². The number of nitrogens with zero attached hydrogens (tertiary/aromatic N) is 2. The van der Waals surface area contributed by atoms with Crippen LogP contribution in [-0.4, -0.2) is 15.7 Å². The van der Waals surface area contributed by atoms with Gasteiger partial charge in [0.15, 0.2) is 0 Å². The molecule has 0 saturated carbocycles. The van der Waals surface area contributed by atoms with Crippen LogP contribution in [0.5, 0.6) is 0 Å². The first-order valence-corrected chi connectivity index (χ1v) is 6.23. The molecular weight excluding hydrogens is 252 g/mol. The number of fused-ring (bicyclic) bond motifs is 1. The van der Waals surface area contributed by atoms with Gasteiger partial charge in [0.25, 0.3) is 5.91 Å². The number of anilines is 2. The molecule has 0 aliphatic carbocycles. The van der Waals surface area contributed by atoms with Crippen LogP contribution in [0, 0.1) is 0 Å². The number of hydrogen-bond donors (Lipinski definition) is 2. The molecule has 0 bridgehead atoms. The van der Waals surface area contributed by atoms with E-state index in [1.54, 1.807) is 30.1 Å². The van der Waals surface area contributed by atoms with Gasteiger partial charge in [-0.05, 0) is 22.9 Å². The summed E-state index contributed by atoms with van der Waals surface area (Å²) < 4.78 is 1.59. The van der Waals surface area contributed by atoms with Gasteiger partial charge in [0.1, 0.15) is 5.82 Å². The van der Waals surface area contributed by atoms with Crippen molar-refractivity contribution in [2.75, 3.05) is 11.1 Å². The van der Waals surface area contributed by atoms with Crippen molar-refractivity contribution in [1.82, 2.24) is 9.78 Å². The Morgan fingerprint density at radius 3 is 2.55 bits per heavy atom. The number of nitrogens with one attached hydrogen (secondary N) is 1. The van der Waals surface area contributed by atoms with E-state index >= 15 is 0 Å². The van der Waals surface area contributed by atoms with E-state index < -0.39 is 0 Å². The van der Waals surface area contributed by atoms with E-state index in [4.69, 9.17) is 5.73 Å². The van der Waals surface area contributed by atoms with Crippen LogP contribution in [-0.2, 0) is 7.05 Å². The lowest BCUT2D eigenvalue weighted by atomic mass is 10.0. The van der Waals surface area contributed by atoms with E-state index in [1.807, 2.05) is 30.3 Å². The molecule has 1 heterocycles. The summed E-state index contributed by atoms with van der Waals surface area (Å²) in [6.45, 7) is 0. The second kappa shape index (κ2) is 4.70. The van der Waals surface area contributed by atoms with E-state index in [0.29, 0.717) is 17.1 Å². The van der Waals surface area contributed by atoms with Gasteiger partial charge in [-0.1, -0.05) is 24.3 Å². The molecule has 1 amide bonds. The fourth-order valence-electron chi connectivity index (χ4n) is 2.13. The minimum atomic E-state index is -0.239. The molecule has 0 atom stereocenters. The average molecular weight is 266 g/mol. The minimum Gasteiger partial charge on any atom is -0.398 e. The Hall–Kier alpha value is -2.82. The number of nitrogens with two attached hydrogens (primary N) is 1. The molecule has 0 radical (unpaired) electrons. The first kappa shape index (κ1) is 12.2. The van der Waals surface area contributed by atoms with Crippen LogP contribution >= 0.6 is 0 Å². The van der Waals surface area contributed by atoms with Crippen LogP contribution in [0.2, 0.25) is 0 Å². The van der Waals surface area contributed by atoms with Crippen molar-refractivity contribution in [2.45, 2.75) is 0 Å². The Kier molecular flexibility index (Phi) is 2.87. The van der Waals surface area contributed by atoms with E-state index in [9.17, 15) is 4.79 Å². The van der Waals surface area contributed by atoms with Crippen LogP contribution in [0.15, 0.2) is 48.7 Å². The summed E-state index contributed by atoms with van der Waals surface area (Å²) in [6.07, 6.45) is 1.62. The Morgan fingerprint density at radius 2 is 1.90 bits per heavy atom. The van der Waals surface area contributed by atoms with Crippen LogP contribution in [0.25, 0.3) is 10.8 Å². The zero-order valence-electron chi connectivity index (χ0n) is 11.0. The predicted molar refractivity (Wildman–Crippen MR) is 79.5 cm³/mol. The maximum atomic E-state index is 12.3. The highest BCUT2D eigenvalue weighted by Crippen LogP contribution is 2.22. The lowest BCUT2D eigenvalue weighted by Gasteiger charge is -2.09. The summed E-state index contributed by atoms with van der Waals surface area (Å²) in [6, 6.07) is 13.1. The van der Waals surface area contributed by atoms with Crippen molar-refractivity contribution < 1.29 is 4.79 Å². The summed E-state index contributed by atoms with van der Waals surface area (Å²) in [4.78, 5) is 12.3. The molecule has 3 rings (SSSR count). The predicted octanol–water partition coefficient (Wildman–Crippen LogP) is 2.41. The fourth-order valence-corrected chi connectivity index (χ4v) is 2.13. The standard InChI is InChI=1S/C15H14N4O/c1-19-14(6-7-17-19)18-15(20)12-8-10-4-2-3-5-11(10)9-13(12)16/h2-9H,16H2,1H3,(H,18,20). The third kappa shape index (κ3) is 2.09. The van der Waals surface area contributed by atoms with Gasteiger partial charge in [-0.25, -0.2) is 0 Å². The molecule has 5 nitrogen and oxygen atoms in total. The smallest absolute Gasteiger partial charge is 0.258 e. The molecule has 2 aromatic carbocycles. The van der Waals surface area contributed by atoms with Gasteiger partial charge in [0.2, 0.25) is 0 Å². The topological polar surface area (TPSA) is 72.9 Å². The van der Waals surface area contributed by atoms with E-state index in [2.05, 4.69) is 10.4 Å². The highest BCUT2D eigenvalue weighted by molar-refractivity contribution is 6.10. The summed E-state index contributed by atoms with van der Waals surface area (Å²) in [5.41, 5.74) is 6.90. The van der Waals surface area contributed by atoms with Crippen LogP contribution in [0.3, 0.4) is 0 Å². The Balaban J connectivity index is 1.99. The Labute approximate surface area is 116 Å². The Bertz CT molecular complexity index is 791. The van der Waals surface area contributed by atoms with Crippen molar-refractivity contribution in [3.8, 4) is 0 Å². The first-order chi connectivity index (χ1) is 9.65. The van der Waals surface area contributed by atoms with Gasteiger partial charge in [0.05, 0.1) is 11.8 Å². The maximum absolute atomic E-state index is 12.3. The molecule has 3 N–H and O–H groups in total. The van der Waals surface area contributed by atoms with Gasteiger partial charge in [0, 0.05) is 18.8 Å². The number of carbonyl (C=O) groups is 1. The lowest BCUT2D eigenvalue weighted by Crippen LogP contribution is -2.16. The largest absolute Gasteiger partial charge is 0.398 e. The molecule has 0 aliphatic rings. The molecule has 20 heavy (non-hydrogen) atoms. The fraction of sp³-hybridized carbons (Fsp3) is 0.0667. The number of amides is 1. The van der Waals surface area contributed by atoms with Crippen LogP contribution in [0.4, 0.5) is 11.5 Å². The third-order valence-electron chi connectivity index (χ3n) is 3.23. The maximum Gasteiger partial charge on any atom is 0.258 e. The van der Waals surface area contributed by atoms with E-state index in [0.717, 1.165) is 10.8 Å². The molecule has 5 heteroatoms. The molecule has 100 valence electrons. The van der Waals surface area contributed by atoms with E-state index in [1.165, 1.54) is 0 Å². The molecule has 1 aromatic heterocycles. The van der Waals surface area contributed by atoms with Crippen LogP contribution in [0.1, 0.15) is 10.4 Å². The lowest BCUT2D eigenvalue weighted by molar-refractivity contribution is 0.102. The summed E-state index contributed by atoms with van der Waals surface area (Å²) in [5, 5.41) is 8.80. The highest BCUT2D eigenvalue weighted by atomic mass is 16.1. The van der Waals surface area contributed by atoms with Crippen molar-refractivity contribution >= 4 is 28.2 Å². The van der Waals surface area contributed by atoms with Gasteiger partial charge >= 0.3 is 0 Å². The van der Waals surface area contributed by atoms with Gasteiger partial charge < -0.3 is 11.1 Å². The molecule has 0 aliphatic heterocycles. The average Bonchev–Trinajstić information content (AvgIpc) is 2.83. The number of carbonyl (C=O) groups excluding carboxylic acids is 1. The zero-order valence-corrected chi connectivity index (χ0v) is 11.0. The summed E-state index contributed by atoms with van der Waals surface area (Å²) in [7, 11) is 1.76. The van der Waals surface area contributed by atoms with E-state index in [-0.39, 0.29) is 5.91 Å². The van der Waals surface area contributed by atoms with Crippen LogP contribution < -0.4 is 11.1 Å². The highest BCUT2D eigenvalue weighted by Gasteiger charge is 2.12. The second-order valence-corrected chi connectivity index (χ2v) is 4.58. The number of aromatic nitrogens is 2. The third-order valence-corrected chi connectivity index (χ3v) is 3.23. The van der Waals surface area contributed by atoms with Crippen molar-refractivity contribution in [1.29, 1.82) is 0 Å². The molecular formula is C15H14N4O. The van der Waals surface area contributed by atoms with Crippen molar-refractivity contribution in [2.24, 2.45) is 7.05 Å². The number of nitrogen functional groups attached to an aromatic ring is 1. The second-order valence-electron chi connectivity index (χ2n) is 4.58. The zero-order chi connectivity index (χ0) is 14.1. The van der Waals surface area contributed by atoms with Gasteiger partial charge in [-0.2, -0.15) is 5.10 Å². The molecule has 0 spiro atoms. The SMILES string of the molecule is Cn1nccc1NC(=O)c1cc2ccccc2cc1N. The normalized spacial score (nSPS) is 10.7. The first-order valence-electron chi connectivity index (χ1n) is 6.23. The summed E-state index contributed by atoms with van der Waals surface area (Å²) in [5.74, 6) is 0.388. The molecule has 0 unspecified atom stereocenters. The number of hydrogen-bond acceptors (Lipinski definition) is 3. The molecule has 0 saturated heterocycles. The van der Waals surface area contributed by atoms with Gasteiger partial charge in [-0.3, -0.25) is 9.48 Å². The van der Waals surface area contributed by atoms with Crippen molar-refractivity contribution in [3.05, 3.63) is 54.2 Å². The minimum absolute atomic E-state index is 0.239. The van der Waals surface area contributed by atoms with Gasteiger partial charge in [-0.15, -0.1) is 0 Å². The molecule has 3 aromatic rings. The number of aryl methyl sites for hydroxylation is 1. The number of rotatable bonds is 2. The quantitative estimate of drug-likeness (QED) is 0.699. The number of benzene rings is 2. The Morgan fingerprint density at radius 1 is 1.20 bits per heavy atom. The molecule has 0 fully saturated rings. The summed E-state index contributed by atoms with van der Waals surface area (Å²) >= 11 is 0.